The predicted octanol–water partition coefficient (Wildman–Crippen LogP) is 0.663. The predicted molar refractivity (Wildman–Crippen MR) is 93.6 cm³/mol. The monoisotopic (exact) mass is 359 g/mol. The van der Waals surface area contributed by atoms with Crippen molar-refractivity contribution in [2.24, 2.45) is 5.73 Å². The lowest BCUT2D eigenvalue weighted by Gasteiger charge is -2.15. The van der Waals surface area contributed by atoms with E-state index in [9.17, 15) is 4.79 Å². The number of hydrogen-bond donors (Lipinski definition) is 4. The molecule has 1 aromatic rings. The van der Waals surface area contributed by atoms with E-state index in [1.54, 1.807) is 13.0 Å². The van der Waals surface area contributed by atoms with Crippen LogP contribution in [0.5, 0.6) is 11.5 Å². The number of aliphatic hydroxyl groups excluding tert-OH is 1. The first-order valence-electron chi connectivity index (χ1n) is 7.89. The molecule has 0 spiro atoms. The van der Waals surface area contributed by atoms with Crippen molar-refractivity contribution >= 4 is 17.5 Å². The lowest BCUT2D eigenvalue weighted by Crippen LogP contribution is -2.31. The number of primary amides is 1. The summed E-state index contributed by atoms with van der Waals surface area (Å²) >= 11 is 6.23. The highest BCUT2D eigenvalue weighted by molar-refractivity contribution is 6.32. The van der Waals surface area contributed by atoms with Gasteiger partial charge in [0.2, 0.25) is 0 Å². The third-order valence-electron chi connectivity index (χ3n) is 2.98. The second-order valence-corrected chi connectivity index (χ2v) is 5.73. The summed E-state index contributed by atoms with van der Waals surface area (Å²) in [6.07, 6.45) is -0.356. The summed E-state index contributed by atoms with van der Waals surface area (Å²) < 4.78 is 10.9. The number of amides is 1. The normalized spacial score (nSPS) is 12.0. The number of nitrogens with two attached hydrogens (primary N) is 1. The Morgan fingerprint density at radius 1 is 1.33 bits per heavy atom. The molecule has 1 atom stereocenters. The van der Waals surface area contributed by atoms with Crippen molar-refractivity contribution in [2.45, 2.75) is 26.5 Å². The fraction of sp³-hybridized carbons (Fsp3) is 0.562. The summed E-state index contributed by atoms with van der Waals surface area (Å²) in [6.45, 7) is 6.44. The van der Waals surface area contributed by atoms with E-state index >= 15 is 0 Å². The van der Waals surface area contributed by atoms with Crippen molar-refractivity contribution in [2.75, 3.05) is 32.8 Å². The molecule has 0 bridgehead atoms. The van der Waals surface area contributed by atoms with E-state index in [1.807, 2.05) is 13.0 Å². The van der Waals surface area contributed by atoms with Crippen molar-refractivity contribution in [1.82, 2.24) is 10.6 Å². The van der Waals surface area contributed by atoms with Gasteiger partial charge in [0, 0.05) is 26.2 Å². The van der Waals surface area contributed by atoms with Gasteiger partial charge in [-0.15, -0.1) is 0 Å². The lowest BCUT2D eigenvalue weighted by atomic mass is 10.2. The molecule has 24 heavy (non-hydrogen) atoms. The van der Waals surface area contributed by atoms with Crippen molar-refractivity contribution in [1.29, 1.82) is 0 Å². The molecule has 1 amide bonds. The Labute approximate surface area is 147 Å². The second-order valence-electron chi connectivity index (χ2n) is 5.32. The summed E-state index contributed by atoms with van der Waals surface area (Å²) in [6, 6.07) is 3.58. The molecule has 1 unspecified atom stereocenters. The molecule has 0 aromatic heterocycles. The van der Waals surface area contributed by atoms with Crippen LogP contribution in [0.1, 0.15) is 19.4 Å². The molecule has 0 heterocycles. The Bertz CT molecular complexity index is 526. The van der Waals surface area contributed by atoms with Crippen LogP contribution in [0.15, 0.2) is 12.1 Å². The van der Waals surface area contributed by atoms with Crippen molar-refractivity contribution < 1.29 is 19.4 Å². The number of halogens is 1. The van der Waals surface area contributed by atoms with Crippen LogP contribution < -0.4 is 25.8 Å². The molecule has 1 aromatic carbocycles. The Morgan fingerprint density at radius 3 is 2.67 bits per heavy atom. The van der Waals surface area contributed by atoms with Crippen LogP contribution in [0.4, 0.5) is 0 Å². The fourth-order valence-corrected chi connectivity index (χ4v) is 2.28. The maximum Gasteiger partial charge on any atom is 0.255 e. The topological polar surface area (TPSA) is 106 Å². The minimum atomic E-state index is -0.580. The van der Waals surface area contributed by atoms with E-state index in [-0.39, 0.29) is 12.7 Å². The van der Waals surface area contributed by atoms with Crippen LogP contribution >= 0.6 is 11.6 Å². The van der Waals surface area contributed by atoms with Crippen LogP contribution in [0, 0.1) is 0 Å². The largest absolute Gasteiger partial charge is 0.490 e. The number of carbonyl (C=O) groups excluding carboxylic acids is 1. The van der Waals surface area contributed by atoms with E-state index < -0.39 is 5.91 Å². The fourth-order valence-electron chi connectivity index (χ4n) is 1.99. The third-order valence-corrected chi connectivity index (χ3v) is 3.26. The summed E-state index contributed by atoms with van der Waals surface area (Å²) in [5, 5.41) is 15.9. The van der Waals surface area contributed by atoms with Gasteiger partial charge < -0.3 is 30.9 Å². The lowest BCUT2D eigenvalue weighted by molar-refractivity contribution is -0.119. The van der Waals surface area contributed by atoms with E-state index in [1.165, 1.54) is 0 Å². The quantitative estimate of drug-likeness (QED) is 0.409. The van der Waals surface area contributed by atoms with E-state index in [4.69, 9.17) is 31.9 Å². The second kappa shape index (κ2) is 11.1. The highest BCUT2D eigenvalue weighted by Gasteiger charge is 2.13. The van der Waals surface area contributed by atoms with Crippen molar-refractivity contribution in [3.63, 3.8) is 0 Å². The summed E-state index contributed by atoms with van der Waals surface area (Å²) in [5.41, 5.74) is 6.02. The number of benzene rings is 1. The standard InChI is InChI=1S/C16H26ClN3O4/c1-3-23-14-7-12(9-20-5-4-19-8-11(2)21)6-13(17)16(14)24-10-15(18)22/h6-7,11,19-21H,3-5,8-10H2,1-2H3,(H2,18,22). The van der Waals surface area contributed by atoms with Gasteiger partial charge in [-0.1, -0.05) is 11.6 Å². The smallest absolute Gasteiger partial charge is 0.255 e. The number of aliphatic hydroxyl groups is 1. The number of nitrogens with one attached hydrogen (secondary N) is 2. The van der Waals surface area contributed by atoms with Gasteiger partial charge in [0.05, 0.1) is 17.7 Å². The molecule has 0 aliphatic carbocycles. The summed E-state index contributed by atoms with van der Waals surface area (Å²) in [5.74, 6) is 0.221. The minimum Gasteiger partial charge on any atom is -0.490 e. The highest BCUT2D eigenvalue weighted by atomic mass is 35.5. The van der Waals surface area contributed by atoms with Gasteiger partial charge in [0.1, 0.15) is 0 Å². The summed E-state index contributed by atoms with van der Waals surface area (Å²) in [7, 11) is 0. The van der Waals surface area contributed by atoms with Crippen LogP contribution in [0.25, 0.3) is 0 Å². The number of ether oxygens (including phenoxy) is 2. The van der Waals surface area contributed by atoms with E-state index in [0.717, 1.165) is 18.7 Å². The maximum atomic E-state index is 10.9. The van der Waals surface area contributed by atoms with Gasteiger partial charge in [-0.25, -0.2) is 0 Å². The molecule has 8 heteroatoms. The Morgan fingerprint density at radius 2 is 2.04 bits per heavy atom. The molecule has 0 saturated heterocycles. The van der Waals surface area contributed by atoms with Gasteiger partial charge >= 0.3 is 0 Å². The van der Waals surface area contributed by atoms with Gasteiger partial charge in [0.15, 0.2) is 18.1 Å². The first-order valence-corrected chi connectivity index (χ1v) is 8.27. The molecular formula is C16H26ClN3O4. The van der Waals surface area contributed by atoms with E-state index in [2.05, 4.69) is 10.6 Å². The zero-order valence-electron chi connectivity index (χ0n) is 14.1. The Hall–Kier alpha value is -1.54. The molecule has 136 valence electrons. The van der Waals surface area contributed by atoms with Crippen LogP contribution in [-0.2, 0) is 11.3 Å². The van der Waals surface area contributed by atoms with Gasteiger partial charge in [0.25, 0.3) is 5.91 Å². The highest BCUT2D eigenvalue weighted by Crippen LogP contribution is 2.36. The molecule has 1 rings (SSSR count). The number of carbonyl (C=O) groups is 1. The molecule has 0 fully saturated rings. The molecule has 5 N–H and O–H groups in total. The Kier molecular flexibility index (Phi) is 9.48. The van der Waals surface area contributed by atoms with Crippen LogP contribution in [0.3, 0.4) is 0 Å². The molecule has 0 saturated carbocycles. The van der Waals surface area contributed by atoms with Crippen molar-refractivity contribution in [3.05, 3.63) is 22.7 Å². The summed E-state index contributed by atoms with van der Waals surface area (Å²) in [4.78, 5) is 10.9. The Balaban J connectivity index is 2.60. The average Bonchev–Trinajstić information content (AvgIpc) is 2.49. The third kappa shape index (κ3) is 7.83. The zero-order valence-corrected chi connectivity index (χ0v) is 14.9. The van der Waals surface area contributed by atoms with Crippen LogP contribution in [0.2, 0.25) is 5.02 Å². The molecule has 7 nitrogen and oxygen atoms in total. The average molecular weight is 360 g/mol. The first-order chi connectivity index (χ1) is 11.4. The SMILES string of the molecule is CCOc1cc(CNCCNCC(C)O)cc(Cl)c1OCC(N)=O. The minimum absolute atomic E-state index is 0.258. The van der Waals surface area contributed by atoms with Crippen LogP contribution in [-0.4, -0.2) is 50.0 Å². The molecule has 0 aliphatic heterocycles. The van der Waals surface area contributed by atoms with Gasteiger partial charge in [-0.05, 0) is 31.5 Å². The number of rotatable bonds is 12. The molecule has 0 aliphatic rings. The maximum absolute atomic E-state index is 10.9. The zero-order chi connectivity index (χ0) is 17.9. The number of hydrogen-bond acceptors (Lipinski definition) is 6. The van der Waals surface area contributed by atoms with Gasteiger partial charge in [-0.2, -0.15) is 0 Å². The van der Waals surface area contributed by atoms with Crippen molar-refractivity contribution in [3.8, 4) is 11.5 Å². The first kappa shape index (κ1) is 20.5. The molecular weight excluding hydrogens is 334 g/mol. The van der Waals surface area contributed by atoms with Gasteiger partial charge in [-0.3, -0.25) is 4.79 Å². The molecule has 0 radical (unpaired) electrons. The van der Waals surface area contributed by atoms with E-state index in [0.29, 0.717) is 36.2 Å².